The molecule has 2 aromatic rings. The SMILES string of the molecule is CCCOC(=O)C[C@@H]1C(=O)NCCN1C(=O)c1ccccc1OCc1ccccc1. The highest BCUT2D eigenvalue weighted by Gasteiger charge is 2.36. The Balaban J connectivity index is 1.76. The van der Waals surface area contributed by atoms with Gasteiger partial charge in [0.1, 0.15) is 18.4 Å². The fourth-order valence-corrected chi connectivity index (χ4v) is 3.25. The highest BCUT2D eigenvalue weighted by atomic mass is 16.5. The second kappa shape index (κ2) is 10.4. The molecule has 0 spiro atoms. The van der Waals surface area contributed by atoms with Crippen LogP contribution in [0.2, 0.25) is 0 Å². The Morgan fingerprint density at radius 3 is 2.60 bits per heavy atom. The molecule has 30 heavy (non-hydrogen) atoms. The fourth-order valence-electron chi connectivity index (χ4n) is 3.25. The molecule has 2 aromatic carbocycles. The standard InChI is InChI=1S/C23H26N2O5/c1-2-14-29-21(26)15-19-22(27)24-12-13-25(19)23(28)18-10-6-7-11-20(18)30-16-17-8-4-3-5-9-17/h3-11,19H,2,12-16H2,1H3,(H,24,27)/t19-/m1/s1. The molecule has 0 radical (unpaired) electrons. The van der Waals surface area contributed by atoms with Crippen molar-refractivity contribution >= 4 is 17.8 Å². The van der Waals surface area contributed by atoms with E-state index in [1.807, 2.05) is 37.3 Å². The molecular weight excluding hydrogens is 384 g/mol. The van der Waals surface area contributed by atoms with Gasteiger partial charge in [-0.05, 0) is 24.1 Å². The van der Waals surface area contributed by atoms with Crippen molar-refractivity contribution in [3.63, 3.8) is 0 Å². The van der Waals surface area contributed by atoms with Crippen LogP contribution >= 0.6 is 0 Å². The molecule has 0 saturated carbocycles. The first-order valence-corrected chi connectivity index (χ1v) is 10.1. The zero-order chi connectivity index (χ0) is 21.3. The number of benzene rings is 2. The van der Waals surface area contributed by atoms with Gasteiger partial charge in [0.05, 0.1) is 18.6 Å². The Hall–Kier alpha value is -3.35. The number of hydrogen-bond acceptors (Lipinski definition) is 5. The number of ether oxygens (including phenoxy) is 2. The van der Waals surface area contributed by atoms with Crippen molar-refractivity contribution in [1.29, 1.82) is 0 Å². The third kappa shape index (κ3) is 5.37. The number of piperazine rings is 1. The summed E-state index contributed by atoms with van der Waals surface area (Å²) in [5, 5.41) is 2.72. The van der Waals surface area contributed by atoms with Crippen molar-refractivity contribution in [1.82, 2.24) is 10.2 Å². The van der Waals surface area contributed by atoms with Gasteiger partial charge in [-0.3, -0.25) is 14.4 Å². The first-order chi connectivity index (χ1) is 14.6. The normalized spacial score (nSPS) is 16.0. The van der Waals surface area contributed by atoms with Crippen molar-refractivity contribution in [2.75, 3.05) is 19.7 Å². The average Bonchev–Trinajstić information content (AvgIpc) is 2.78. The molecule has 0 aliphatic carbocycles. The van der Waals surface area contributed by atoms with Gasteiger partial charge in [0, 0.05) is 13.1 Å². The summed E-state index contributed by atoms with van der Waals surface area (Å²) in [6.07, 6.45) is 0.516. The third-order valence-corrected chi connectivity index (χ3v) is 4.77. The minimum absolute atomic E-state index is 0.176. The lowest BCUT2D eigenvalue weighted by Gasteiger charge is -2.34. The van der Waals surface area contributed by atoms with Crippen LogP contribution in [-0.4, -0.2) is 48.4 Å². The number of esters is 1. The first kappa shape index (κ1) is 21.4. The molecule has 1 heterocycles. The highest BCUT2D eigenvalue weighted by Crippen LogP contribution is 2.23. The number of carbonyl (C=O) groups is 3. The van der Waals surface area contributed by atoms with E-state index in [4.69, 9.17) is 9.47 Å². The van der Waals surface area contributed by atoms with Crippen molar-refractivity contribution in [2.45, 2.75) is 32.4 Å². The zero-order valence-corrected chi connectivity index (χ0v) is 17.0. The van der Waals surface area contributed by atoms with Gasteiger partial charge in [0.2, 0.25) is 5.91 Å². The molecule has 1 atom stereocenters. The number of rotatable bonds is 8. The van der Waals surface area contributed by atoms with Gasteiger partial charge in [0.15, 0.2) is 0 Å². The van der Waals surface area contributed by atoms with E-state index in [1.54, 1.807) is 24.3 Å². The average molecular weight is 410 g/mol. The molecule has 0 unspecified atom stereocenters. The number of carbonyl (C=O) groups excluding carboxylic acids is 3. The van der Waals surface area contributed by atoms with Crippen LogP contribution in [0.3, 0.4) is 0 Å². The summed E-state index contributed by atoms with van der Waals surface area (Å²) in [4.78, 5) is 39.2. The van der Waals surface area contributed by atoms with E-state index in [0.29, 0.717) is 37.4 Å². The molecule has 7 nitrogen and oxygen atoms in total. The second-order valence-electron chi connectivity index (χ2n) is 7.00. The Morgan fingerprint density at radius 2 is 1.83 bits per heavy atom. The summed E-state index contributed by atoms with van der Waals surface area (Å²) in [6.45, 7) is 3.14. The predicted octanol–water partition coefficient (Wildman–Crippen LogP) is 2.55. The summed E-state index contributed by atoms with van der Waals surface area (Å²) in [5.74, 6) is -0.762. The van der Waals surface area contributed by atoms with Gasteiger partial charge < -0.3 is 19.7 Å². The maximum atomic E-state index is 13.3. The maximum Gasteiger partial charge on any atom is 0.308 e. The second-order valence-corrected chi connectivity index (χ2v) is 7.00. The number of hydrogen-bond donors (Lipinski definition) is 1. The van der Waals surface area contributed by atoms with Crippen LogP contribution in [0.4, 0.5) is 0 Å². The quantitative estimate of drug-likeness (QED) is 0.676. The van der Waals surface area contributed by atoms with Crippen LogP contribution in [-0.2, 0) is 20.9 Å². The summed E-state index contributed by atoms with van der Waals surface area (Å²) in [5.41, 5.74) is 1.34. The fraction of sp³-hybridized carbons (Fsp3) is 0.348. The first-order valence-electron chi connectivity index (χ1n) is 10.1. The van der Waals surface area contributed by atoms with E-state index in [1.165, 1.54) is 4.90 Å². The number of para-hydroxylation sites is 1. The number of amides is 2. The van der Waals surface area contributed by atoms with Gasteiger partial charge in [-0.15, -0.1) is 0 Å². The lowest BCUT2D eigenvalue weighted by Crippen LogP contribution is -2.57. The summed E-state index contributed by atoms with van der Waals surface area (Å²) in [6, 6.07) is 15.7. The van der Waals surface area contributed by atoms with Crippen LogP contribution in [0.15, 0.2) is 54.6 Å². The molecular formula is C23H26N2O5. The molecule has 1 saturated heterocycles. The van der Waals surface area contributed by atoms with Crippen molar-refractivity contribution in [3.8, 4) is 5.75 Å². The summed E-state index contributed by atoms with van der Waals surface area (Å²) in [7, 11) is 0. The van der Waals surface area contributed by atoms with E-state index >= 15 is 0 Å². The van der Waals surface area contributed by atoms with Gasteiger partial charge in [0.25, 0.3) is 5.91 Å². The van der Waals surface area contributed by atoms with Crippen molar-refractivity contribution in [3.05, 3.63) is 65.7 Å². The van der Waals surface area contributed by atoms with Crippen LogP contribution in [0.25, 0.3) is 0 Å². The minimum atomic E-state index is -0.905. The maximum absolute atomic E-state index is 13.3. The van der Waals surface area contributed by atoms with Crippen LogP contribution in [0.1, 0.15) is 35.7 Å². The highest BCUT2D eigenvalue weighted by molar-refractivity contribution is 6.01. The van der Waals surface area contributed by atoms with E-state index < -0.39 is 12.0 Å². The number of nitrogens with zero attached hydrogens (tertiary/aromatic N) is 1. The van der Waals surface area contributed by atoms with Gasteiger partial charge in [-0.1, -0.05) is 49.4 Å². The van der Waals surface area contributed by atoms with E-state index in [0.717, 1.165) is 5.56 Å². The van der Waals surface area contributed by atoms with E-state index in [9.17, 15) is 14.4 Å². The number of nitrogens with one attached hydrogen (secondary N) is 1. The van der Waals surface area contributed by atoms with Crippen molar-refractivity contribution < 1.29 is 23.9 Å². The Kier molecular flexibility index (Phi) is 7.43. The van der Waals surface area contributed by atoms with E-state index in [2.05, 4.69) is 5.32 Å². The van der Waals surface area contributed by atoms with Crippen LogP contribution < -0.4 is 10.1 Å². The molecule has 0 aromatic heterocycles. The molecule has 1 N–H and O–H groups in total. The minimum Gasteiger partial charge on any atom is -0.488 e. The van der Waals surface area contributed by atoms with Gasteiger partial charge in [-0.2, -0.15) is 0 Å². The monoisotopic (exact) mass is 410 g/mol. The molecule has 3 rings (SSSR count). The smallest absolute Gasteiger partial charge is 0.308 e. The lowest BCUT2D eigenvalue weighted by atomic mass is 10.1. The molecule has 0 bridgehead atoms. The van der Waals surface area contributed by atoms with Crippen molar-refractivity contribution in [2.24, 2.45) is 0 Å². The predicted molar refractivity (Wildman–Crippen MR) is 111 cm³/mol. The Morgan fingerprint density at radius 1 is 1.10 bits per heavy atom. The molecule has 1 fully saturated rings. The van der Waals surface area contributed by atoms with E-state index in [-0.39, 0.29) is 24.8 Å². The Bertz CT molecular complexity index is 884. The van der Waals surface area contributed by atoms with Crippen LogP contribution in [0, 0.1) is 0 Å². The molecule has 7 heteroatoms. The molecule has 1 aliphatic rings. The summed E-state index contributed by atoms with van der Waals surface area (Å²) >= 11 is 0. The molecule has 1 aliphatic heterocycles. The molecule has 158 valence electrons. The van der Waals surface area contributed by atoms with Crippen LogP contribution in [0.5, 0.6) is 5.75 Å². The van der Waals surface area contributed by atoms with Gasteiger partial charge in [-0.25, -0.2) is 0 Å². The largest absolute Gasteiger partial charge is 0.488 e. The topological polar surface area (TPSA) is 84.9 Å². The third-order valence-electron chi connectivity index (χ3n) is 4.77. The van der Waals surface area contributed by atoms with Gasteiger partial charge >= 0.3 is 5.97 Å². The lowest BCUT2D eigenvalue weighted by molar-refractivity contribution is -0.147. The molecule has 2 amide bonds. The summed E-state index contributed by atoms with van der Waals surface area (Å²) < 4.78 is 11.0. The Labute approximate surface area is 176 Å². The zero-order valence-electron chi connectivity index (χ0n) is 17.0.